The topological polar surface area (TPSA) is 74.4 Å². The highest BCUT2D eigenvalue weighted by Crippen LogP contribution is 2.39. The summed E-state index contributed by atoms with van der Waals surface area (Å²) in [5.74, 6) is 1.41. The first-order chi connectivity index (χ1) is 18.1. The third-order valence-corrected chi connectivity index (χ3v) is 7.89. The lowest BCUT2D eigenvalue weighted by molar-refractivity contribution is -0.136. The van der Waals surface area contributed by atoms with Crippen LogP contribution >= 0.6 is 0 Å². The van der Waals surface area contributed by atoms with Crippen LogP contribution in [0.15, 0.2) is 61.1 Å². The highest BCUT2D eigenvalue weighted by atomic mass is 16.5. The maximum atomic E-state index is 13.8. The summed E-state index contributed by atoms with van der Waals surface area (Å²) in [6.45, 7) is 4.72. The first-order valence-corrected chi connectivity index (χ1v) is 13.3. The fourth-order valence-corrected chi connectivity index (χ4v) is 5.80. The number of hydrogen-bond donors (Lipinski definition) is 0. The molecule has 3 aromatic rings. The molecule has 0 radical (unpaired) electrons. The van der Waals surface area contributed by atoms with Crippen molar-refractivity contribution >= 4 is 5.91 Å². The molecule has 192 valence electrons. The van der Waals surface area contributed by atoms with E-state index in [2.05, 4.69) is 31.5 Å². The summed E-state index contributed by atoms with van der Waals surface area (Å²) in [7, 11) is 1.68. The van der Waals surface area contributed by atoms with Gasteiger partial charge in [0.25, 0.3) is 0 Å². The molecule has 37 heavy (non-hydrogen) atoms. The Kier molecular flexibility index (Phi) is 7.86. The highest BCUT2D eigenvalue weighted by Gasteiger charge is 2.36. The first kappa shape index (κ1) is 25.0. The number of benzene rings is 2. The molecule has 1 atom stereocenters. The van der Waals surface area contributed by atoms with E-state index >= 15 is 0 Å². The molecule has 0 bridgehead atoms. The van der Waals surface area contributed by atoms with Gasteiger partial charge in [0.05, 0.1) is 36.7 Å². The molecule has 7 nitrogen and oxygen atoms in total. The molecular weight excluding hydrogens is 462 g/mol. The molecule has 2 aliphatic rings. The Bertz CT molecular complexity index is 1230. The number of piperazine rings is 1. The number of amides is 1. The summed E-state index contributed by atoms with van der Waals surface area (Å²) in [5.41, 5.74) is 4.06. The van der Waals surface area contributed by atoms with Gasteiger partial charge in [-0.3, -0.25) is 9.69 Å². The van der Waals surface area contributed by atoms with Crippen molar-refractivity contribution in [1.29, 1.82) is 5.26 Å². The number of imidazole rings is 1. The molecule has 1 saturated heterocycles. The Morgan fingerprint density at radius 2 is 1.84 bits per heavy atom. The van der Waals surface area contributed by atoms with Crippen molar-refractivity contribution in [3.63, 3.8) is 0 Å². The molecule has 2 aromatic carbocycles. The van der Waals surface area contributed by atoms with Crippen molar-refractivity contribution in [3.05, 3.63) is 83.4 Å². The molecule has 5 rings (SSSR count). The van der Waals surface area contributed by atoms with Crippen LogP contribution in [0.1, 0.15) is 54.0 Å². The number of aromatic nitrogens is 2. The predicted octanol–water partition coefficient (Wildman–Crippen LogP) is 4.43. The van der Waals surface area contributed by atoms with E-state index in [9.17, 15) is 4.79 Å². The molecule has 7 heteroatoms. The molecule has 1 aromatic heterocycles. The molecule has 2 fully saturated rings. The van der Waals surface area contributed by atoms with Crippen molar-refractivity contribution in [1.82, 2.24) is 19.4 Å². The number of nitrogens with zero attached hydrogens (tertiary/aromatic N) is 5. The fraction of sp³-hybridized carbons (Fsp3) is 0.433. The monoisotopic (exact) mass is 497 g/mol. The zero-order valence-electron chi connectivity index (χ0n) is 21.6. The first-order valence-electron chi connectivity index (χ1n) is 13.3. The summed E-state index contributed by atoms with van der Waals surface area (Å²) in [6, 6.07) is 18.0. The highest BCUT2D eigenvalue weighted by molar-refractivity contribution is 5.84. The van der Waals surface area contributed by atoms with Crippen molar-refractivity contribution in [2.24, 2.45) is 5.92 Å². The molecule has 1 saturated carbocycles. The number of rotatable bonds is 8. The van der Waals surface area contributed by atoms with E-state index in [1.165, 1.54) is 12.8 Å². The van der Waals surface area contributed by atoms with Gasteiger partial charge in [0.2, 0.25) is 5.91 Å². The van der Waals surface area contributed by atoms with Crippen molar-refractivity contribution in [2.75, 3.05) is 33.3 Å². The zero-order valence-corrected chi connectivity index (χ0v) is 21.6. The van der Waals surface area contributed by atoms with Crippen molar-refractivity contribution in [2.45, 2.75) is 44.7 Å². The summed E-state index contributed by atoms with van der Waals surface area (Å²) in [6.07, 6.45) is 8.46. The van der Waals surface area contributed by atoms with Crippen LogP contribution < -0.4 is 4.74 Å². The zero-order chi connectivity index (χ0) is 25.6. The van der Waals surface area contributed by atoms with Crippen LogP contribution in [0, 0.1) is 17.2 Å². The van der Waals surface area contributed by atoms with Crippen LogP contribution in [0.4, 0.5) is 0 Å². The Morgan fingerprint density at radius 3 is 2.54 bits per heavy atom. The Balaban J connectivity index is 1.21. The van der Waals surface area contributed by atoms with Gasteiger partial charge in [-0.25, -0.2) is 4.98 Å². The van der Waals surface area contributed by atoms with Gasteiger partial charge in [0.1, 0.15) is 5.75 Å². The second-order valence-corrected chi connectivity index (χ2v) is 10.2. The summed E-state index contributed by atoms with van der Waals surface area (Å²) >= 11 is 0. The minimum Gasteiger partial charge on any atom is -0.497 e. The lowest BCUT2D eigenvalue weighted by Crippen LogP contribution is -2.50. The van der Waals surface area contributed by atoms with E-state index in [1.807, 2.05) is 55.0 Å². The van der Waals surface area contributed by atoms with Gasteiger partial charge < -0.3 is 14.2 Å². The van der Waals surface area contributed by atoms with E-state index in [0.29, 0.717) is 11.5 Å². The van der Waals surface area contributed by atoms with Gasteiger partial charge in [0, 0.05) is 45.5 Å². The molecule has 1 unspecified atom stereocenters. The molecular formula is C30H35N5O2. The quantitative estimate of drug-likeness (QED) is 0.460. The molecule has 2 heterocycles. The van der Waals surface area contributed by atoms with E-state index in [1.54, 1.807) is 7.11 Å². The minimum absolute atomic E-state index is 0.0852. The van der Waals surface area contributed by atoms with Crippen LogP contribution in [0.5, 0.6) is 5.75 Å². The van der Waals surface area contributed by atoms with Gasteiger partial charge in [-0.1, -0.05) is 37.1 Å². The summed E-state index contributed by atoms with van der Waals surface area (Å²) < 4.78 is 7.63. The molecule has 0 N–H and O–H groups in total. The van der Waals surface area contributed by atoms with E-state index < -0.39 is 0 Å². The smallest absolute Gasteiger partial charge is 0.230 e. The largest absolute Gasteiger partial charge is 0.497 e. The maximum Gasteiger partial charge on any atom is 0.230 e. The van der Waals surface area contributed by atoms with E-state index in [-0.39, 0.29) is 11.8 Å². The second kappa shape index (κ2) is 11.6. The average Bonchev–Trinajstić information content (AvgIpc) is 3.62. The van der Waals surface area contributed by atoms with E-state index in [4.69, 9.17) is 10.00 Å². The molecule has 0 spiro atoms. The van der Waals surface area contributed by atoms with E-state index in [0.717, 1.165) is 74.7 Å². The third-order valence-electron chi connectivity index (χ3n) is 7.89. The lowest BCUT2D eigenvalue weighted by atomic mass is 9.83. The number of carbonyl (C=O) groups excluding carboxylic acids is 1. The average molecular weight is 498 g/mol. The Hall–Kier alpha value is -3.63. The van der Waals surface area contributed by atoms with Crippen LogP contribution in [0.25, 0.3) is 0 Å². The van der Waals surface area contributed by atoms with Gasteiger partial charge in [-0.2, -0.15) is 5.26 Å². The van der Waals surface area contributed by atoms with Crippen LogP contribution in [0.2, 0.25) is 0 Å². The Morgan fingerprint density at radius 1 is 1.08 bits per heavy atom. The third kappa shape index (κ3) is 5.86. The minimum atomic E-state index is -0.0852. The van der Waals surface area contributed by atoms with Gasteiger partial charge in [0.15, 0.2) is 0 Å². The molecule has 1 aliphatic heterocycles. The van der Waals surface area contributed by atoms with Crippen LogP contribution in [-0.2, 0) is 17.9 Å². The number of nitriles is 1. The maximum absolute atomic E-state index is 13.8. The number of hydrogen-bond acceptors (Lipinski definition) is 5. The lowest BCUT2D eigenvalue weighted by Gasteiger charge is -2.37. The SMILES string of the molecule is COc1cccc(C(C(=O)N2CCN(Cc3cncn3Cc3ccc(C#N)cc3)CC2)C2CCCC2)c1. The van der Waals surface area contributed by atoms with Gasteiger partial charge in [-0.15, -0.1) is 0 Å². The van der Waals surface area contributed by atoms with Crippen molar-refractivity contribution < 1.29 is 9.53 Å². The fourth-order valence-electron chi connectivity index (χ4n) is 5.80. The van der Waals surface area contributed by atoms with Crippen LogP contribution in [-0.4, -0.2) is 58.5 Å². The Labute approximate surface area is 219 Å². The summed E-state index contributed by atoms with van der Waals surface area (Å²) in [4.78, 5) is 22.7. The van der Waals surface area contributed by atoms with Gasteiger partial charge >= 0.3 is 0 Å². The number of ether oxygens (including phenoxy) is 1. The van der Waals surface area contributed by atoms with Crippen molar-refractivity contribution in [3.8, 4) is 11.8 Å². The molecule has 1 amide bonds. The predicted molar refractivity (Wildman–Crippen MR) is 142 cm³/mol. The molecule has 1 aliphatic carbocycles. The number of methoxy groups -OCH3 is 1. The standard InChI is InChI=1S/C30H35N5O2/c1-37-28-8-4-7-26(17-28)29(25-5-2-3-6-25)30(36)34-15-13-33(14-16-34)21-27-19-32-22-35(27)20-24-11-9-23(18-31)10-12-24/h4,7-12,17,19,22,25,29H,2-3,5-6,13-16,20-21H2,1H3. The summed E-state index contributed by atoms with van der Waals surface area (Å²) in [5, 5.41) is 9.03. The second-order valence-electron chi connectivity index (χ2n) is 10.2. The normalized spacial score (nSPS) is 17.5. The number of carbonyl (C=O) groups is 1. The van der Waals surface area contributed by atoms with Gasteiger partial charge in [-0.05, 0) is 54.2 Å². The van der Waals surface area contributed by atoms with Crippen LogP contribution in [0.3, 0.4) is 0 Å².